The van der Waals surface area contributed by atoms with Gasteiger partial charge in [0.05, 0.1) is 37.4 Å². The number of halogens is 3. The van der Waals surface area contributed by atoms with Gasteiger partial charge in [-0.2, -0.15) is 0 Å². The van der Waals surface area contributed by atoms with Gasteiger partial charge < -0.3 is 14.2 Å². The van der Waals surface area contributed by atoms with E-state index in [4.69, 9.17) is 9.26 Å². The second kappa shape index (κ2) is 7.51. The van der Waals surface area contributed by atoms with Gasteiger partial charge in [0, 0.05) is 12.5 Å². The Morgan fingerprint density at radius 2 is 2.00 bits per heavy atom. The number of amides is 2. The lowest BCUT2D eigenvalue weighted by atomic mass is 9.99. The highest BCUT2D eigenvalue weighted by atomic mass is 19.2. The number of aromatic nitrogens is 1. The van der Waals surface area contributed by atoms with Gasteiger partial charge in [-0.05, 0) is 24.6 Å². The Balaban J connectivity index is 1.56. The van der Waals surface area contributed by atoms with Crippen molar-refractivity contribution in [3.05, 3.63) is 46.4 Å². The first-order chi connectivity index (χ1) is 13.8. The number of hydrogen-bond donors (Lipinski definition) is 0. The normalized spacial score (nSPS) is 19.4. The Kier molecular flexibility index (Phi) is 5.03. The van der Waals surface area contributed by atoms with Gasteiger partial charge in [0.2, 0.25) is 11.8 Å². The minimum atomic E-state index is -1.57. The van der Waals surface area contributed by atoms with E-state index in [1.54, 1.807) is 0 Å². The first-order valence-corrected chi connectivity index (χ1v) is 9.13. The average Bonchev–Trinajstić information content (AvgIpc) is 3.08. The molecule has 154 valence electrons. The minimum Gasteiger partial charge on any atom is -0.370 e. The number of carbonyl (C=O) groups is 2. The molecule has 1 aromatic carbocycles. The van der Waals surface area contributed by atoms with E-state index in [-0.39, 0.29) is 48.9 Å². The van der Waals surface area contributed by atoms with E-state index < -0.39 is 17.5 Å². The van der Waals surface area contributed by atoms with Crippen LogP contribution in [0.15, 0.2) is 16.7 Å². The molecule has 10 heteroatoms. The van der Waals surface area contributed by atoms with Gasteiger partial charge in [0.25, 0.3) is 5.91 Å². The fraction of sp³-hybridized carbons (Fsp3) is 0.421. The van der Waals surface area contributed by atoms with Gasteiger partial charge >= 0.3 is 0 Å². The molecule has 4 rings (SSSR count). The van der Waals surface area contributed by atoms with Crippen LogP contribution in [0, 0.1) is 17.5 Å². The maximum atomic E-state index is 13.5. The number of rotatable bonds is 3. The summed E-state index contributed by atoms with van der Waals surface area (Å²) >= 11 is 0. The minimum absolute atomic E-state index is 0.0401. The lowest BCUT2D eigenvalue weighted by Crippen LogP contribution is -2.45. The summed E-state index contributed by atoms with van der Waals surface area (Å²) in [6.07, 6.45) is 0.125. The Labute approximate surface area is 164 Å². The number of benzene rings is 1. The molecule has 1 aromatic heterocycles. The van der Waals surface area contributed by atoms with Crippen molar-refractivity contribution >= 4 is 17.7 Å². The van der Waals surface area contributed by atoms with Crippen LogP contribution in [-0.2, 0) is 33.7 Å². The molecule has 0 spiro atoms. The molecule has 1 fully saturated rings. The van der Waals surface area contributed by atoms with E-state index in [2.05, 4.69) is 5.16 Å². The molecule has 0 saturated carbocycles. The number of hydrogen-bond acceptors (Lipinski definition) is 5. The summed E-state index contributed by atoms with van der Waals surface area (Å²) in [5.41, 5.74) is 1.33. The summed E-state index contributed by atoms with van der Waals surface area (Å²) in [6, 6.07) is 1.39. The first-order valence-electron chi connectivity index (χ1n) is 9.13. The molecule has 7 nitrogen and oxygen atoms in total. The van der Waals surface area contributed by atoms with Gasteiger partial charge in [-0.15, -0.1) is 0 Å². The number of carbonyl (C=O) groups excluding carboxylic acids is 2. The van der Waals surface area contributed by atoms with Crippen molar-refractivity contribution in [2.24, 2.45) is 0 Å². The van der Waals surface area contributed by atoms with Gasteiger partial charge in [-0.25, -0.2) is 13.2 Å². The van der Waals surface area contributed by atoms with E-state index in [1.807, 2.05) is 6.92 Å². The first kappa shape index (κ1) is 19.4. The SMILES string of the molecule is C[C@H]1Cc2noc(N3CCOCC3=O)c2CN1C(=O)Cc1cc(F)c(F)c(F)c1. The summed E-state index contributed by atoms with van der Waals surface area (Å²) in [5, 5.41) is 4.04. The van der Waals surface area contributed by atoms with E-state index >= 15 is 0 Å². The number of nitrogens with zero attached hydrogens (tertiary/aromatic N) is 3. The number of morpholine rings is 1. The smallest absolute Gasteiger partial charge is 0.255 e. The molecule has 3 heterocycles. The monoisotopic (exact) mass is 409 g/mol. The summed E-state index contributed by atoms with van der Waals surface area (Å²) < 4.78 is 50.6. The predicted molar refractivity (Wildman–Crippen MR) is 93.4 cm³/mol. The topological polar surface area (TPSA) is 75.9 Å². The van der Waals surface area contributed by atoms with Crippen LogP contribution < -0.4 is 4.90 Å². The maximum Gasteiger partial charge on any atom is 0.255 e. The second-order valence-corrected chi connectivity index (χ2v) is 7.14. The van der Waals surface area contributed by atoms with Crippen molar-refractivity contribution in [3.8, 4) is 0 Å². The summed E-state index contributed by atoms with van der Waals surface area (Å²) in [5.74, 6) is -4.60. The molecule has 2 aliphatic rings. The summed E-state index contributed by atoms with van der Waals surface area (Å²) in [6.45, 7) is 2.59. The average molecular weight is 409 g/mol. The zero-order valence-electron chi connectivity index (χ0n) is 15.6. The summed E-state index contributed by atoms with van der Waals surface area (Å²) in [4.78, 5) is 27.9. The number of ether oxygens (including phenoxy) is 1. The number of fused-ring (bicyclic) bond motifs is 1. The van der Waals surface area contributed by atoms with Crippen LogP contribution in [0.1, 0.15) is 23.7 Å². The van der Waals surface area contributed by atoms with Crippen LogP contribution in [0.4, 0.5) is 19.1 Å². The number of anilines is 1. The lowest BCUT2D eigenvalue weighted by Gasteiger charge is -2.34. The lowest BCUT2D eigenvalue weighted by molar-refractivity contribution is -0.133. The fourth-order valence-electron chi connectivity index (χ4n) is 3.63. The van der Waals surface area contributed by atoms with E-state index in [1.165, 1.54) is 9.80 Å². The fourth-order valence-corrected chi connectivity index (χ4v) is 3.63. The van der Waals surface area contributed by atoms with E-state index in [0.29, 0.717) is 30.8 Å². The standard InChI is InChI=1S/C19H18F3N3O4/c1-10-4-15-12(19(29-23-15)24-2-3-28-9-17(24)27)8-25(10)16(26)7-11-5-13(20)18(22)14(21)6-11/h5-6,10H,2-4,7-9H2,1H3/t10-/m0/s1. The Hall–Kier alpha value is -2.88. The molecule has 0 unspecified atom stereocenters. The van der Waals surface area contributed by atoms with E-state index in [9.17, 15) is 22.8 Å². The molecule has 0 bridgehead atoms. The molecule has 2 aliphatic heterocycles. The van der Waals surface area contributed by atoms with Crippen LogP contribution in [0.2, 0.25) is 0 Å². The molecule has 0 aliphatic carbocycles. The highest BCUT2D eigenvalue weighted by molar-refractivity contribution is 5.94. The molecule has 2 aromatic rings. The maximum absolute atomic E-state index is 13.5. The zero-order valence-corrected chi connectivity index (χ0v) is 15.6. The van der Waals surface area contributed by atoms with E-state index in [0.717, 1.165) is 12.1 Å². The third kappa shape index (κ3) is 3.59. The molecule has 29 heavy (non-hydrogen) atoms. The van der Waals surface area contributed by atoms with Crippen molar-refractivity contribution in [1.82, 2.24) is 10.1 Å². The van der Waals surface area contributed by atoms with Crippen molar-refractivity contribution in [2.45, 2.75) is 32.4 Å². The third-order valence-electron chi connectivity index (χ3n) is 5.15. The molecular weight excluding hydrogens is 391 g/mol. The van der Waals surface area contributed by atoms with Crippen molar-refractivity contribution < 1.29 is 32.0 Å². The highest BCUT2D eigenvalue weighted by Crippen LogP contribution is 2.32. The predicted octanol–water partition coefficient (Wildman–Crippen LogP) is 1.97. The van der Waals surface area contributed by atoms with Crippen LogP contribution in [0.5, 0.6) is 0 Å². The highest BCUT2D eigenvalue weighted by Gasteiger charge is 2.35. The van der Waals surface area contributed by atoms with Gasteiger partial charge in [-0.3, -0.25) is 14.5 Å². The molecule has 0 radical (unpaired) electrons. The third-order valence-corrected chi connectivity index (χ3v) is 5.15. The second-order valence-electron chi connectivity index (χ2n) is 7.14. The van der Waals surface area contributed by atoms with Crippen LogP contribution in [0.3, 0.4) is 0 Å². The Bertz CT molecular complexity index is 955. The van der Waals surface area contributed by atoms with Gasteiger partial charge in [0.1, 0.15) is 6.61 Å². The summed E-state index contributed by atoms with van der Waals surface area (Å²) in [7, 11) is 0. The van der Waals surface area contributed by atoms with Crippen molar-refractivity contribution in [1.29, 1.82) is 0 Å². The molecule has 2 amide bonds. The van der Waals surface area contributed by atoms with Crippen molar-refractivity contribution in [2.75, 3.05) is 24.7 Å². The largest absolute Gasteiger partial charge is 0.370 e. The Morgan fingerprint density at radius 3 is 2.69 bits per heavy atom. The molecule has 0 N–H and O–H groups in total. The van der Waals surface area contributed by atoms with Gasteiger partial charge in [0.15, 0.2) is 17.5 Å². The van der Waals surface area contributed by atoms with Crippen molar-refractivity contribution in [3.63, 3.8) is 0 Å². The molecular formula is C19H18F3N3O4. The zero-order chi connectivity index (χ0) is 20.7. The molecule has 1 saturated heterocycles. The molecule has 1 atom stereocenters. The van der Waals surface area contributed by atoms with Crippen LogP contribution in [-0.4, -0.2) is 47.7 Å². The van der Waals surface area contributed by atoms with Crippen LogP contribution >= 0.6 is 0 Å². The Morgan fingerprint density at radius 1 is 1.28 bits per heavy atom. The quantitative estimate of drug-likeness (QED) is 0.725. The van der Waals surface area contributed by atoms with Crippen LogP contribution in [0.25, 0.3) is 0 Å². The van der Waals surface area contributed by atoms with Gasteiger partial charge in [-0.1, -0.05) is 5.16 Å².